The molecule has 1 atom stereocenters. The van der Waals surface area contributed by atoms with Gasteiger partial charge in [0.25, 0.3) is 5.91 Å². The van der Waals surface area contributed by atoms with Gasteiger partial charge < -0.3 is 14.7 Å². The molecule has 0 radical (unpaired) electrons. The molecule has 1 aliphatic rings. The molecular weight excluding hydrogens is 246 g/mol. The van der Waals surface area contributed by atoms with E-state index in [1.54, 1.807) is 19.1 Å². The third-order valence-corrected chi connectivity index (χ3v) is 3.17. The van der Waals surface area contributed by atoms with Crippen LogP contribution >= 0.6 is 0 Å². The van der Waals surface area contributed by atoms with Crippen molar-refractivity contribution in [3.05, 3.63) is 29.8 Å². The van der Waals surface area contributed by atoms with Crippen molar-refractivity contribution in [3.8, 4) is 5.75 Å². The van der Waals surface area contributed by atoms with Gasteiger partial charge in [0.15, 0.2) is 0 Å². The lowest BCUT2D eigenvalue weighted by Gasteiger charge is -2.23. The molecule has 2 rings (SSSR count). The molecular formula is C14H17NO4. The number of hydrogen-bond acceptors (Lipinski definition) is 4. The van der Waals surface area contributed by atoms with Gasteiger partial charge in [0.1, 0.15) is 11.8 Å². The van der Waals surface area contributed by atoms with Gasteiger partial charge in [-0.25, -0.2) is 4.79 Å². The first-order valence-electron chi connectivity index (χ1n) is 6.40. The maximum atomic E-state index is 12.3. The van der Waals surface area contributed by atoms with E-state index in [4.69, 9.17) is 4.74 Å². The van der Waals surface area contributed by atoms with Crippen LogP contribution in [0.25, 0.3) is 0 Å². The van der Waals surface area contributed by atoms with Crippen LogP contribution in [0, 0.1) is 0 Å². The van der Waals surface area contributed by atoms with Crippen molar-refractivity contribution in [2.24, 2.45) is 0 Å². The van der Waals surface area contributed by atoms with Crippen LogP contribution in [0.4, 0.5) is 0 Å². The Morgan fingerprint density at radius 3 is 2.95 bits per heavy atom. The average molecular weight is 263 g/mol. The van der Waals surface area contributed by atoms with Gasteiger partial charge in [0.05, 0.1) is 6.61 Å². The normalized spacial score (nSPS) is 18.4. The zero-order chi connectivity index (χ0) is 13.8. The van der Waals surface area contributed by atoms with Crippen LogP contribution < -0.4 is 0 Å². The maximum Gasteiger partial charge on any atom is 0.328 e. The first-order valence-corrected chi connectivity index (χ1v) is 6.40. The highest BCUT2D eigenvalue weighted by Gasteiger charge is 2.35. The fourth-order valence-electron chi connectivity index (χ4n) is 2.30. The number of ether oxygens (including phenoxy) is 1. The number of phenols is 1. The number of carbonyl (C=O) groups excluding carboxylic acids is 2. The fraction of sp³-hybridized carbons (Fsp3) is 0.429. The lowest BCUT2D eigenvalue weighted by molar-refractivity contribution is -0.147. The van der Waals surface area contributed by atoms with E-state index in [0.717, 1.165) is 6.42 Å². The van der Waals surface area contributed by atoms with Crippen molar-refractivity contribution in [2.75, 3.05) is 13.2 Å². The number of amides is 1. The van der Waals surface area contributed by atoms with Gasteiger partial charge in [-0.1, -0.05) is 6.07 Å². The largest absolute Gasteiger partial charge is 0.508 e. The average Bonchev–Trinajstić information content (AvgIpc) is 2.87. The van der Waals surface area contributed by atoms with E-state index >= 15 is 0 Å². The second-order valence-corrected chi connectivity index (χ2v) is 4.46. The van der Waals surface area contributed by atoms with Crippen molar-refractivity contribution >= 4 is 11.9 Å². The molecule has 0 aliphatic carbocycles. The third-order valence-electron chi connectivity index (χ3n) is 3.17. The molecule has 102 valence electrons. The smallest absolute Gasteiger partial charge is 0.328 e. The van der Waals surface area contributed by atoms with Crippen molar-refractivity contribution in [3.63, 3.8) is 0 Å². The number of nitrogens with zero attached hydrogens (tertiary/aromatic N) is 1. The minimum Gasteiger partial charge on any atom is -0.508 e. The maximum absolute atomic E-state index is 12.3. The molecule has 1 fully saturated rings. The van der Waals surface area contributed by atoms with E-state index in [-0.39, 0.29) is 17.6 Å². The Bertz CT molecular complexity index is 486. The van der Waals surface area contributed by atoms with Crippen molar-refractivity contribution in [1.29, 1.82) is 0 Å². The number of esters is 1. The highest BCUT2D eigenvalue weighted by Crippen LogP contribution is 2.22. The molecule has 1 heterocycles. The SMILES string of the molecule is CCOC(=O)C1CCCN1C(=O)c1cccc(O)c1. The van der Waals surface area contributed by atoms with Crippen LogP contribution in [0.15, 0.2) is 24.3 Å². The molecule has 1 aromatic carbocycles. The fourth-order valence-corrected chi connectivity index (χ4v) is 2.30. The highest BCUT2D eigenvalue weighted by atomic mass is 16.5. The molecule has 0 spiro atoms. The van der Waals surface area contributed by atoms with E-state index in [1.807, 2.05) is 0 Å². The first-order chi connectivity index (χ1) is 9.13. The van der Waals surface area contributed by atoms with Gasteiger partial charge in [-0.15, -0.1) is 0 Å². The monoisotopic (exact) mass is 263 g/mol. The second kappa shape index (κ2) is 5.73. The summed E-state index contributed by atoms with van der Waals surface area (Å²) in [6.07, 6.45) is 1.41. The van der Waals surface area contributed by atoms with E-state index in [1.165, 1.54) is 17.0 Å². The molecule has 19 heavy (non-hydrogen) atoms. The summed E-state index contributed by atoms with van der Waals surface area (Å²) in [6.45, 7) is 2.59. The predicted molar refractivity (Wildman–Crippen MR) is 68.8 cm³/mol. The van der Waals surface area contributed by atoms with E-state index < -0.39 is 6.04 Å². The van der Waals surface area contributed by atoms with Crippen molar-refractivity contribution < 1.29 is 19.4 Å². The van der Waals surface area contributed by atoms with Gasteiger partial charge in [-0.2, -0.15) is 0 Å². The summed E-state index contributed by atoms with van der Waals surface area (Å²) in [5.41, 5.74) is 0.385. The third kappa shape index (κ3) is 2.86. The van der Waals surface area contributed by atoms with Crippen molar-refractivity contribution in [2.45, 2.75) is 25.8 Å². The number of rotatable bonds is 3. The van der Waals surface area contributed by atoms with E-state index in [2.05, 4.69) is 0 Å². The summed E-state index contributed by atoms with van der Waals surface area (Å²) in [7, 11) is 0. The summed E-state index contributed by atoms with van der Waals surface area (Å²) >= 11 is 0. The summed E-state index contributed by atoms with van der Waals surface area (Å²) in [5, 5.41) is 9.40. The number of likely N-dealkylation sites (tertiary alicyclic amines) is 1. The first kappa shape index (κ1) is 13.4. The summed E-state index contributed by atoms with van der Waals surface area (Å²) in [6, 6.07) is 5.64. The molecule has 0 aromatic heterocycles. The number of benzene rings is 1. The molecule has 1 amide bonds. The second-order valence-electron chi connectivity index (χ2n) is 4.46. The van der Waals surface area contributed by atoms with Crippen LogP contribution in [-0.2, 0) is 9.53 Å². The lowest BCUT2D eigenvalue weighted by Crippen LogP contribution is -2.41. The Kier molecular flexibility index (Phi) is 4.04. The van der Waals surface area contributed by atoms with Gasteiger partial charge in [-0.3, -0.25) is 4.79 Å². The quantitative estimate of drug-likeness (QED) is 0.840. The summed E-state index contributed by atoms with van der Waals surface area (Å²) < 4.78 is 4.98. The Balaban J connectivity index is 2.16. The standard InChI is InChI=1S/C14H17NO4/c1-2-19-14(18)12-7-4-8-15(12)13(17)10-5-3-6-11(16)9-10/h3,5-6,9,12,16H,2,4,7-8H2,1H3. The Morgan fingerprint density at radius 1 is 1.47 bits per heavy atom. The Morgan fingerprint density at radius 2 is 2.26 bits per heavy atom. The number of phenolic OH excluding ortho intramolecular Hbond substituents is 1. The molecule has 1 aromatic rings. The van der Waals surface area contributed by atoms with Crippen LogP contribution in [0.1, 0.15) is 30.1 Å². The topological polar surface area (TPSA) is 66.8 Å². The molecule has 0 saturated carbocycles. The number of aromatic hydroxyl groups is 1. The zero-order valence-corrected chi connectivity index (χ0v) is 10.8. The van der Waals surface area contributed by atoms with Crippen molar-refractivity contribution in [1.82, 2.24) is 4.90 Å². The highest BCUT2D eigenvalue weighted by molar-refractivity contribution is 5.97. The molecule has 5 heteroatoms. The lowest BCUT2D eigenvalue weighted by atomic mass is 10.1. The van der Waals surface area contributed by atoms with Crippen LogP contribution in [0.5, 0.6) is 5.75 Å². The summed E-state index contributed by atoms with van der Waals surface area (Å²) in [5.74, 6) is -0.558. The van der Waals surface area contributed by atoms with E-state index in [0.29, 0.717) is 25.1 Å². The van der Waals surface area contributed by atoms with Crippen LogP contribution in [-0.4, -0.2) is 41.1 Å². The predicted octanol–water partition coefficient (Wildman–Crippen LogP) is 1.56. The van der Waals surface area contributed by atoms with Gasteiger partial charge in [0, 0.05) is 12.1 Å². The van der Waals surface area contributed by atoms with Gasteiger partial charge >= 0.3 is 5.97 Å². The molecule has 1 unspecified atom stereocenters. The Labute approximate surface area is 111 Å². The zero-order valence-electron chi connectivity index (χ0n) is 10.8. The number of carbonyl (C=O) groups is 2. The van der Waals surface area contributed by atoms with E-state index in [9.17, 15) is 14.7 Å². The molecule has 0 bridgehead atoms. The Hall–Kier alpha value is -2.04. The van der Waals surface area contributed by atoms with Crippen LogP contribution in [0.3, 0.4) is 0 Å². The van der Waals surface area contributed by atoms with Gasteiger partial charge in [0.2, 0.25) is 0 Å². The molecule has 1 aliphatic heterocycles. The molecule has 5 nitrogen and oxygen atoms in total. The number of hydrogen-bond donors (Lipinski definition) is 1. The minimum absolute atomic E-state index is 0.0396. The minimum atomic E-state index is -0.505. The van der Waals surface area contributed by atoms with Crippen LogP contribution in [0.2, 0.25) is 0 Å². The summed E-state index contributed by atoms with van der Waals surface area (Å²) in [4.78, 5) is 25.6. The van der Waals surface area contributed by atoms with Gasteiger partial charge in [-0.05, 0) is 38.0 Å². The molecule has 1 N–H and O–H groups in total. The molecule has 1 saturated heterocycles.